The highest BCUT2D eigenvalue weighted by atomic mass is 16.5. The van der Waals surface area contributed by atoms with Crippen molar-refractivity contribution in [3.63, 3.8) is 0 Å². The number of benzene rings is 2. The Balaban J connectivity index is 1.24. The molecule has 1 aliphatic carbocycles. The highest BCUT2D eigenvalue weighted by Crippen LogP contribution is 2.42. The molecule has 2 aromatic rings. The third-order valence-electron chi connectivity index (χ3n) is 6.78. The summed E-state index contributed by atoms with van der Waals surface area (Å²) in [6.45, 7) is 3.32. The summed E-state index contributed by atoms with van der Waals surface area (Å²) in [5.41, 5.74) is 4.88. The molecular weight excluding hydrogens is 420 g/mol. The first-order chi connectivity index (χ1) is 16.1. The van der Waals surface area contributed by atoms with Gasteiger partial charge in [-0.25, -0.2) is 0 Å². The molecule has 2 aliphatic rings. The first-order valence-electron chi connectivity index (χ1n) is 11.5. The predicted octanol–water partition coefficient (Wildman–Crippen LogP) is 2.97. The van der Waals surface area contributed by atoms with Gasteiger partial charge in [-0.05, 0) is 72.3 Å². The summed E-state index contributed by atoms with van der Waals surface area (Å²) in [4.78, 5) is 14.8. The molecule has 4 rings (SSSR count). The second-order valence-corrected chi connectivity index (χ2v) is 8.65. The van der Waals surface area contributed by atoms with E-state index in [1.807, 2.05) is 17.0 Å². The number of rotatable bonds is 10. The first kappa shape index (κ1) is 23.2. The minimum atomic E-state index is 0.176. The smallest absolute Gasteiger partial charge is 0.227 e. The normalized spacial score (nSPS) is 16.9. The van der Waals surface area contributed by atoms with Crippen molar-refractivity contribution in [1.29, 1.82) is 0 Å². The van der Waals surface area contributed by atoms with Crippen LogP contribution in [0.3, 0.4) is 0 Å². The number of hydrogen-bond donors (Lipinski definition) is 1. The minimum Gasteiger partial charge on any atom is -0.493 e. The minimum absolute atomic E-state index is 0.176. The molecule has 0 saturated heterocycles. The van der Waals surface area contributed by atoms with Gasteiger partial charge in [0, 0.05) is 25.6 Å². The molecule has 178 valence electrons. The molecule has 1 heterocycles. The number of carbonyl (C=O) groups excluding carboxylic acids is 1. The van der Waals surface area contributed by atoms with Crippen LogP contribution in [0, 0.1) is 0 Å². The van der Waals surface area contributed by atoms with Crippen molar-refractivity contribution in [2.45, 2.75) is 31.6 Å². The molecular formula is C26H34N2O5. The molecule has 0 fully saturated rings. The van der Waals surface area contributed by atoms with E-state index in [0.717, 1.165) is 73.8 Å². The molecule has 7 nitrogen and oxygen atoms in total. The van der Waals surface area contributed by atoms with Crippen LogP contribution in [0.25, 0.3) is 0 Å². The average Bonchev–Trinajstić information content (AvgIpc) is 2.97. The predicted molar refractivity (Wildman–Crippen MR) is 127 cm³/mol. The SMILES string of the molecule is COc1cc2c(cc1OC)CC(=O)N(CCCNCC1Cc3cc(OC)c(OC)cc31)CC2. The number of amides is 1. The van der Waals surface area contributed by atoms with E-state index >= 15 is 0 Å². The molecule has 0 radical (unpaired) electrons. The van der Waals surface area contributed by atoms with Crippen molar-refractivity contribution in [2.75, 3.05) is 54.6 Å². The van der Waals surface area contributed by atoms with Gasteiger partial charge in [-0.15, -0.1) is 0 Å². The van der Waals surface area contributed by atoms with Gasteiger partial charge in [0.15, 0.2) is 23.0 Å². The molecule has 33 heavy (non-hydrogen) atoms. The van der Waals surface area contributed by atoms with E-state index in [9.17, 15) is 4.79 Å². The Bertz CT molecular complexity index is 1010. The summed E-state index contributed by atoms with van der Waals surface area (Å²) >= 11 is 0. The summed E-state index contributed by atoms with van der Waals surface area (Å²) in [7, 11) is 6.60. The zero-order valence-corrected chi connectivity index (χ0v) is 20.0. The van der Waals surface area contributed by atoms with Crippen LogP contribution < -0.4 is 24.3 Å². The Hall–Kier alpha value is -2.93. The quantitative estimate of drug-likeness (QED) is 0.557. The molecule has 0 aromatic heterocycles. The zero-order chi connectivity index (χ0) is 23.4. The van der Waals surface area contributed by atoms with Crippen LogP contribution in [0.15, 0.2) is 24.3 Å². The van der Waals surface area contributed by atoms with Gasteiger partial charge >= 0.3 is 0 Å². The van der Waals surface area contributed by atoms with Gasteiger partial charge in [-0.3, -0.25) is 4.79 Å². The number of nitrogens with one attached hydrogen (secondary N) is 1. The van der Waals surface area contributed by atoms with E-state index in [1.54, 1.807) is 28.4 Å². The summed E-state index contributed by atoms with van der Waals surface area (Å²) in [5, 5.41) is 3.57. The summed E-state index contributed by atoms with van der Waals surface area (Å²) in [5.74, 6) is 3.65. The highest BCUT2D eigenvalue weighted by Gasteiger charge is 2.28. The molecule has 0 saturated carbocycles. The van der Waals surface area contributed by atoms with Crippen LogP contribution >= 0.6 is 0 Å². The Morgan fingerprint density at radius 1 is 0.879 bits per heavy atom. The fraction of sp³-hybridized carbons (Fsp3) is 0.500. The lowest BCUT2D eigenvalue weighted by Gasteiger charge is -2.31. The van der Waals surface area contributed by atoms with Gasteiger partial charge in [-0.2, -0.15) is 0 Å². The van der Waals surface area contributed by atoms with Gasteiger partial charge in [-0.1, -0.05) is 0 Å². The van der Waals surface area contributed by atoms with E-state index in [-0.39, 0.29) is 5.91 Å². The lowest BCUT2D eigenvalue weighted by atomic mass is 9.77. The zero-order valence-electron chi connectivity index (χ0n) is 20.0. The van der Waals surface area contributed by atoms with Gasteiger partial charge in [0.2, 0.25) is 5.91 Å². The topological polar surface area (TPSA) is 69.3 Å². The van der Waals surface area contributed by atoms with Crippen molar-refractivity contribution in [3.05, 3.63) is 46.5 Å². The van der Waals surface area contributed by atoms with Gasteiger partial charge in [0.1, 0.15) is 0 Å². The van der Waals surface area contributed by atoms with Gasteiger partial charge in [0.25, 0.3) is 0 Å². The summed E-state index contributed by atoms with van der Waals surface area (Å²) < 4.78 is 21.7. The van der Waals surface area contributed by atoms with Crippen LogP contribution in [0.1, 0.15) is 34.6 Å². The number of fused-ring (bicyclic) bond motifs is 2. The van der Waals surface area contributed by atoms with Crippen molar-refractivity contribution >= 4 is 5.91 Å². The maximum Gasteiger partial charge on any atom is 0.227 e. The van der Waals surface area contributed by atoms with Crippen LogP contribution in [0.4, 0.5) is 0 Å². The van der Waals surface area contributed by atoms with Crippen molar-refractivity contribution < 1.29 is 23.7 Å². The van der Waals surface area contributed by atoms with Crippen molar-refractivity contribution in [2.24, 2.45) is 0 Å². The molecule has 0 spiro atoms. The molecule has 1 N–H and O–H groups in total. The largest absolute Gasteiger partial charge is 0.493 e. The lowest BCUT2D eigenvalue weighted by molar-refractivity contribution is -0.130. The second-order valence-electron chi connectivity index (χ2n) is 8.65. The number of ether oxygens (including phenoxy) is 4. The maximum atomic E-state index is 12.8. The number of carbonyl (C=O) groups is 1. The number of nitrogens with zero attached hydrogens (tertiary/aromatic N) is 1. The molecule has 1 aliphatic heterocycles. The van der Waals surface area contributed by atoms with Gasteiger partial charge in [0.05, 0.1) is 34.9 Å². The van der Waals surface area contributed by atoms with E-state index in [4.69, 9.17) is 18.9 Å². The maximum absolute atomic E-state index is 12.8. The Morgan fingerprint density at radius 2 is 1.48 bits per heavy atom. The fourth-order valence-corrected chi connectivity index (χ4v) is 4.84. The van der Waals surface area contributed by atoms with Crippen LogP contribution in [0.2, 0.25) is 0 Å². The Morgan fingerprint density at radius 3 is 2.15 bits per heavy atom. The standard InChI is InChI=1S/C26H34N2O5/c1-30-22-11-17-6-9-28(26(29)14-18(17)12-23(22)31-2)8-5-7-27-16-20-10-19-13-24(32-3)25(33-4)15-21(19)20/h11-13,15,20,27H,5-10,14,16H2,1-4H3. The monoisotopic (exact) mass is 454 g/mol. The fourth-order valence-electron chi connectivity index (χ4n) is 4.84. The third kappa shape index (κ3) is 4.88. The van der Waals surface area contributed by atoms with Crippen LogP contribution in [0.5, 0.6) is 23.0 Å². The summed E-state index contributed by atoms with van der Waals surface area (Å²) in [6, 6.07) is 8.13. The molecule has 2 aromatic carbocycles. The van der Waals surface area contributed by atoms with E-state index in [0.29, 0.717) is 18.1 Å². The van der Waals surface area contributed by atoms with Crippen LogP contribution in [-0.4, -0.2) is 65.4 Å². The van der Waals surface area contributed by atoms with E-state index < -0.39 is 0 Å². The molecule has 1 amide bonds. The lowest BCUT2D eigenvalue weighted by Crippen LogP contribution is -2.35. The third-order valence-corrected chi connectivity index (χ3v) is 6.78. The van der Waals surface area contributed by atoms with E-state index in [2.05, 4.69) is 17.4 Å². The van der Waals surface area contributed by atoms with Crippen LogP contribution in [-0.2, 0) is 24.1 Å². The average molecular weight is 455 g/mol. The van der Waals surface area contributed by atoms with Crippen molar-refractivity contribution in [1.82, 2.24) is 10.2 Å². The van der Waals surface area contributed by atoms with E-state index in [1.165, 1.54) is 11.1 Å². The van der Waals surface area contributed by atoms with Crippen molar-refractivity contribution in [3.8, 4) is 23.0 Å². The highest BCUT2D eigenvalue weighted by molar-refractivity contribution is 5.80. The molecule has 0 bridgehead atoms. The van der Waals surface area contributed by atoms with Gasteiger partial charge < -0.3 is 29.2 Å². The second kappa shape index (κ2) is 10.3. The number of methoxy groups -OCH3 is 4. The summed E-state index contributed by atoms with van der Waals surface area (Å²) in [6.07, 6.45) is 3.23. The molecule has 1 atom stereocenters. The first-order valence-corrected chi connectivity index (χ1v) is 11.5. The number of hydrogen-bond acceptors (Lipinski definition) is 6. The molecule has 7 heteroatoms. The Kier molecular flexibility index (Phi) is 7.28. The Labute approximate surface area is 196 Å². The molecule has 1 unspecified atom stereocenters.